The van der Waals surface area contributed by atoms with E-state index in [0.29, 0.717) is 6.92 Å². The number of halogens is 7. The van der Waals surface area contributed by atoms with Crippen LogP contribution in [0, 0.1) is 0 Å². The number of rotatable bonds is 2. The van der Waals surface area contributed by atoms with E-state index >= 15 is 0 Å². The van der Waals surface area contributed by atoms with Gasteiger partial charge in [0, 0.05) is 0 Å². The van der Waals surface area contributed by atoms with Gasteiger partial charge in [0.2, 0.25) is 0 Å². The van der Waals surface area contributed by atoms with Crippen molar-refractivity contribution in [2.75, 3.05) is 0 Å². The molecule has 0 aliphatic carbocycles. The standard InChI is InChI=1S/C7H7F7/c1-3(8)6(2,11)4(5(9)10)7(12,13)14/h3H,1-2H3. The summed E-state index contributed by atoms with van der Waals surface area (Å²) >= 11 is 0. The van der Waals surface area contributed by atoms with Crippen LogP contribution in [0.25, 0.3) is 0 Å². The highest BCUT2D eigenvalue weighted by Crippen LogP contribution is 2.41. The van der Waals surface area contributed by atoms with Crippen LogP contribution in [0.2, 0.25) is 0 Å². The summed E-state index contributed by atoms with van der Waals surface area (Å²) in [7, 11) is 0. The van der Waals surface area contributed by atoms with Gasteiger partial charge in [-0.2, -0.15) is 22.0 Å². The van der Waals surface area contributed by atoms with Gasteiger partial charge in [-0.15, -0.1) is 0 Å². The third kappa shape index (κ3) is 2.62. The molecule has 0 nitrogen and oxygen atoms in total. The first-order chi connectivity index (χ1) is 6.01. The second-order valence-corrected chi connectivity index (χ2v) is 2.82. The van der Waals surface area contributed by atoms with Crippen molar-refractivity contribution in [1.82, 2.24) is 0 Å². The fraction of sp³-hybridized carbons (Fsp3) is 0.714. The first-order valence-electron chi connectivity index (χ1n) is 3.47. The average Bonchev–Trinajstić information content (AvgIpc) is 1.79. The lowest BCUT2D eigenvalue weighted by atomic mass is 9.94. The fourth-order valence-corrected chi connectivity index (χ4v) is 0.768. The number of alkyl halides is 5. The van der Waals surface area contributed by atoms with Crippen molar-refractivity contribution in [3.63, 3.8) is 0 Å². The summed E-state index contributed by atoms with van der Waals surface area (Å²) in [6, 6.07) is 0. The van der Waals surface area contributed by atoms with Gasteiger partial charge in [-0.05, 0) is 13.8 Å². The van der Waals surface area contributed by atoms with Gasteiger partial charge in [0.25, 0.3) is 6.08 Å². The van der Waals surface area contributed by atoms with Crippen molar-refractivity contribution in [1.29, 1.82) is 0 Å². The maximum Gasteiger partial charge on any atom is 0.421 e. The smallest absolute Gasteiger partial charge is 0.244 e. The summed E-state index contributed by atoms with van der Waals surface area (Å²) in [5.41, 5.74) is -6.50. The number of hydrogen-bond acceptors (Lipinski definition) is 0. The lowest BCUT2D eigenvalue weighted by Crippen LogP contribution is -2.38. The maximum atomic E-state index is 13.0. The molecule has 0 aliphatic rings. The molecule has 2 unspecified atom stereocenters. The molecule has 0 bridgehead atoms. The Hall–Kier alpha value is -0.750. The van der Waals surface area contributed by atoms with Gasteiger partial charge in [-0.3, -0.25) is 0 Å². The first-order valence-corrected chi connectivity index (χ1v) is 3.47. The predicted molar refractivity (Wildman–Crippen MR) is 35.4 cm³/mol. The molecular formula is C7H7F7. The van der Waals surface area contributed by atoms with Crippen LogP contribution in [-0.4, -0.2) is 18.0 Å². The van der Waals surface area contributed by atoms with E-state index in [1.165, 1.54) is 0 Å². The highest BCUT2D eigenvalue weighted by molar-refractivity contribution is 5.23. The van der Waals surface area contributed by atoms with Gasteiger partial charge in [0.05, 0.1) is 0 Å². The lowest BCUT2D eigenvalue weighted by molar-refractivity contribution is -0.119. The van der Waals surface area contributed by atoms with Crippen molar-refractivity contribution < 1.29 is 30.7 Å². The molecule has 0 amide bonds. The van der Waals surface area contributed by atoms with E-state index in [1.807, 2.05) is 0 Å². The summed E-state index contributed by atoms with van der Waals surface area (Å²) in [6.07, 6.45) is -11.5. The third-order valence-electron chi connectivity index (χ3n) is 1.71. The highest BCUT2D eigenvalue weighted by atomic mass is 19.4. The Labute approximate surface area is 75.4 Å². The summed E-state index contributed by atoms with van der Waals surface area (Å²) in [6.45, 7) is 0.564. The van der Waals surface area contributed by atoms with Crippen molar-refractivity contribution in [2.24, 2.45) is 0 Å². The van der Waals surface area contributed by atoms with Crippen LogP contribution >= 0.6 is 0 Å². The van der Waals surface area contributed by atoms with Crippen LogP contribution in [0.1, 0.15) is 13.8 Å². The van der Waals surface area contributed by atoms with Gasteiger partial charge < -0.3 is 0 Å². The molecule has 0 saturated heterocycles. The molecule has 0 aromatic carbocycles. The molecule has 0 saturated carbocycles. The zero-order valence-corrected chi connectivity index (χ0v) is 7.22. The van der Waals surface area contributed by atoms with E-state index in [9.17, 15) is 30.7 Å². The molecule has 0 N–H and O–H groups in total. The van der Waals surface area contributed by atoms with Gasteiger partial charge in [-0.25, -0.2) is 8.78 Å². The van der Waals surface area contributed by atoms with E-state index in [2.05, 4.69) is 0 Å². The molecule has 0 aromatic rings. The zero-order valence-electron chi connectivity index (χ0n) is 7.22. The van der Waals surface area contributed by atoms with Crippen LogP contribution in [0.5, 0.6) is 0 Å². The van der Waals surface area contributed by atoms with E-state index in [-0.39, 0.29) is 6.92 Å². The van der Waals surface area contributed by atoms with E-state index in [4.69, 9.17) is 0 Å². The summed E-state index contributed by atoms with van der Waals surface area (Å²) in [5, 5.41) is 0. The van der Waals surface area contributed by atoms with E-state index < -0.39 is 29.7 Å². The molecule has 0 rings (SSSR count). The van der Waals surface area contributed by atoms with Crippen LogP contribution < -0.4 is 0 Å². The molecule has 0 spiro atoms. The van der Waals surface area contributed by atoms with Crippen LogP contribution in [-0.2, 0) is 0 Å². The maximum absolute atomic E-state index is 13.0. The Morgan fingerprint density at radius 1 is 1.07 bits per heavy atom. The minimum Gasteiger partial charge on any atom is -0.244 e. The Bertz CT molecular complexity index is 231. The second kappa shape index (κ2) is 3.78. The van der Waals surface area contributed by atoms with Crippen LogP contribution in [0.4, 0.5) is 30.7 Å². The Balaban J connectivity index is 5.39. The predicted octanol–water partition coefficient (Wildman–Crippen LogP) is 3.79. The normalized spacial score (nSPS) is 18.6. The topological polar surface area (TPSA) is 0 Å². The van der Waals surface area contributed by atoms with Gasteiger partial charge in [-0.1, -0.05) is 0 Å². The molecule has 14 heavy (non-hydrogen) atoms. The minimum absolute atomic E-state index is 0.125. The monoisotopic (exact) mass is 224 g/mol. The molecule has 0 aromatic heterocycles. The quantitative estimate of drug-likeness (QED) is 0.626. The molecule has 0 heterocycles. The van der Waals surface area contributed by atoms with Gasteiger partial charge in [0.15, 0.2) is 5.67 Å². The third-order valence-corrected chi connectivity index (χ3v) is 1.71. The first kappa shape index (κ1) is 13.2. The summed E-state index contributed by atoms with van der Waals surface area (Å²) in [5.74, 6) is 0. The minimum atomic E-state index is -5.58. The van der Waals surface area contributed by atoms with Crippen molar-refractivity contribution in [2.45, 2.75) is 31.9 Å². The summed E-state index contributed by atoms with van der Waals surface area (Å²) in [4.78, 5) is 0. The molecule has 0 aliphatic heterocycles. The highest BCUT2D eigenvalue weighted by Gasteiger charge is 2.53. The van der Waals surface area contributed by atoms with Crippen LogP contribution in [0.15, 0.2) is 11.7 Å². The molecule has 7 heteroatoms. The summed E-state index contributed by atoms with van der Waals surface area (Å²) < 4.78 is 84.6. The van der Waals surface area contributed by atoms with Crippen molar-refractivity contribution in [3.05, 3.63) is 11.7 Å². The lowest BCUT2D eigenvalue weighted by Gasteiger charge is -2.25. The Morgan fingerprint density at radius 2 is 1.43 bits per heavy atom. The Morgan fingerprint density at radius 3 is 1.50 bits per heavy atom. The molecule has 2 atom stereocenters. The van der Waals surface area contributed by atoms with Crippen LogP contribution in [0.3, 0.4) is 0 Å². The average molecular weight is 224 g/mol. The Kier molecular flexibility index (Phi) is 3.58. The zero-order chi connectivity index (χ0) is 11.7. The second-order valence-electron chi connectivity index (χ2n) is 2.82. The van der Waals surface area contributed by atoms with Crippen molar-refractivity contribution in [3.8, 4) is 0 Å². The number of allylic oxidation sites excluding steroid dienone is 1. The van der Waals surface area contributed by atoms with Crippen molar-refractivity contribution >= 4 is 0 Å². The molecular weight excluding hydrogens is 217 g/mol. The molecule has 0 radical (unpaired) electrons. The van der Waals surface area contributed by atoms with Gasteiger partial charge >= 0.3 is 6.18 Å². The number of hydrogen-bond donors (Lipinski definition) is 0. The fourth-order valence-electron chi connectivity index (χ4n) is 0.768. The van der Waals surface area contributed by atoms with Gasteiger partial charge in [0.1, 0.15) is 11.7 Å². The SMILES string of the molecule is CC(F)C(C)(F)C(=C(F)F)C(F)(F)F. The largest absolute Gasteiger partial charge is 0.421 e. The van der Waals surface area contributed by atoms with E-state index in [1.54, 1.807) is 0 Å². The van der Waals surface area contributed by atoms with E-state index in [0.717, 1.165) is 0 Å². The molecule has 84 valence electrons. The molecule has 0 fully saturated rings.